The summed E-state index contributed by atoms with van der Waals surface area (Å²) in [5.41, 5.74) is 3.96. The Hall–Kier alpha value is -2.38. The molecule has 0 unspecified atom stereocenters. The quantitative estimate of drug-likeness (QED) is 0.745. The van der Waals surface area contributed by atoms with Gasteiger partial charge in [-0.25, -0.2) is 9.19 Å². The van der Waals surface area contributed by atoms with Gasteiger partial charge in [-0.2, -0.15) is 4.36 Å². The van der Waals surface area contributed by atoms with E-state index in [4.69, 9.17) is 9.72 Å². The molecule has 142 valence electrons. The molecular formula is C20H24N4O2S. The molecule has 0 radical (unpaired) electrons. The van der Waals surface area contributed by atoms with Gasteiger partial charge in [0.2, 0.25) is 0 Å². The largest absolute Gasteiger partial charge is 0.377 e. The summed E-state index contributed by atoms with van der Waals surface area (Å²) in [5.74, 6) is 0.503. The standard InChI is InChI=1S/C20H24N4O2S/c1-14-13-26-10-9-24(14)15-11-19(22-20(12-15)23-27(2,3)25)16-5-4-6-18-17(16)7-8-21-18/h4-8,11-12,14,21H,9-10,13H2,1-3H3/t14-/m1/s1. The van der Waals surface area contributed by atoms with Gasteiger partial charge in [-0.05, 0) is 25.1 Å². The fraction of sp³-hybridized carbons (Fsp3) is 0.350. The van der Waals surface area contributed by atoms with E-state index in [-0.39, 0.29) is 6.04 Å². The van der Waals surface area contributed by atoms with Crippen molar-refractivity contribution in [1.82, 2.24) is 9.97 Å². The number of aromatic amines is 1. The van der Waals surface area contributed by atoms with Gasteiger partial charge < -0.3 is 14.6 Å². The number of rotatable bonds is 3. The van der Waals surface area contributed by atoms with Crippen molar-refractivity contribution in [2.24, 2.45) is 4.36 Å². The molecule has 1 atom stereocenters. The lowest BCUT2D eigenvalue weighted by Crippen LogP contribution is -2.43. The highest BCUT2D eigenvalue weighted by molar-refractivity contribution is 7.92. The van der Waals surface area contributed by atoms with Gasteiger partial charge in [0.05, 0.1) is 18.9 Å². The van der Waals surface area contributed by atoms with Gasteiger partial charge in [0.15, 0.2) is 5.82 Å². The second kappa shape index (κ2) is 6.98. The predicted molar refractivity (Wildman–Crippen MR) is 111 cm³/mol. The van der Waals surface area contributed by atoms with E-state index in [1.165, 1.54) is 0 Å². The van der Waals surface area contributed by atoms with Gasteiger partial charge in [0.1, 0.15) is 0 Å². The van der Waals surface area contributed by atoms with Gasteiger partial charge in [-0.1, -0.05) is 12.1 Å². The molecule has 1 fully saturated rings. The first kappa shape index (κ1) is 18.0. The molecule has 0 spiro atoms. The van der Waals surface area contributed by atoms with Crippen LogP contribution in [0.3, 0.4) is 0 Å². The first-order valence-electron chi connectivity index (χ1n) is 9.01. The first-order chi connectivity index (χ1) is 12.9. The van der Waals surface area contributed by atoms with E-state index in [0.29, 0.717) is 19.0 Å². The van der Waals surface area contributed by atoms with E-state index in [2.05, 4.69) is 39.4 Å². The number of hydrogen-bond donors (Lipinski definition) is 1. The van der Waals surface area contributed by atoms with Crippen molar-refractivity contribution in [3.63, 3.8) is 0 Å². The Balaban J connectivity index is 1.91. The molecule has 1 aliphatic heterocycles. The van der Waals surface area contributed by atoms with Crippen molar-refractivity contribution in [1.29, 1.82) is 0 Å². The SMILES string of the molecule is C[C@@H]1COCCN1c1cc(N=S(C)(C)=O)nc(-c2cccc3[nH]ccc23)c1. The molecule has 3 heterocycles. The summed E-state index contributed by atoms with van der Waals surface area (Å²) in [6.07, 6.45) is 5.19. The molecule has 1 aromatic carbocycles. The average molecular weight is 385 g/mol. The smallest absolute Gasteiger partial charge is 0.164 e. The normalized spacial score (nSPS) is 18.0. The molecule has 0 bridgehead atoms. The molecule has 1 saturated heterocycles. The monoisotopic (exact) mass is 384 g/mol. The number of aromatic nitrogens is 2. The van der Waals surface area contributed by atoms with Crippen molar-refractivity contribution < 1.29 is 8.95 Å². The summed E-state index contributed by atoms with van der Waals surface area (Å²) in [6.45, 7) is 4.34. The minimum atomic E-state index is -2.31. The lowest BCUT2D eigenvalue weighted by Gasteiger charge is -2.35. The maximum Gasteiger partial charge on any atom is 0.164 e. The highest BCUT2D eigenvalue weighted by Crippen LogP contribution is 2.33. The van der Waals surface area contributed by atoms with E-state index < -0.39 is 9.73 Å². The van der Waals surface area contributed by atoms with Crippen LogP contribution in [0.25, 0.3) is 22.2 Å². The number of nitrogens with one attached hydrogen (secondary N) is 1. The van der Waals surface area contributed by atoms with Crippen LogP contribution in [-0.4, -0.2) is 52.5 Å². The second-order valence-electron chi connectivity index (χ2n) is 7.20. The number of benzene rings is 1. The number of H-pyrrole nitrogens is 1. The van der Waals surface area contributed by atoms with Crippen molar-refractivity contribution in [3.05, 3.63) is 42.6 Å². The Kier molecular flexibility index (Phi) is 4.65. The summed E-state index contributed by atoms with van der Waals surface area (Å²) >= 11 is 0. The van der Waals surface area contributed by atoms with Crippen molar-refractivity contribution >= 4 is 32.1 Å². The third-order valence-electron chi connectivity index (χ3n) is 4.68. The maximum atomic E-state index is 12.3. The van der Waals surface area contributed by atoms with Gasteiger partial charge in [-0.15, -0.1) is 0 Å². The van der Waals surface area contributed by atoms with Gasteiger partial charge >= 0.3 is 0 Å². The Bertz CT molecular complexity index is 1090. The molecule has 3 aromatic rings. The zero-order valence-corrected chi connectivity index (χ0v) is 16.6. The first-order valence-corrected chi connectivity index (χ1v) is 11.3. The molecule has 1 N–H and O–H groups in total. The minimum Gasteiger partial charge on any atom is -0.377 e. The Morgan fingerprint density at radius 2 is 2.15 bits per heavy atom. The zero-order chi connectivity index (χ0) is 19.0. The summed E-state index contributed by atoms with van der Waals surface area (Å²) in [7, 11) is -2.31. The number of ether oxygens (including phenoxy) is 1. The molecule has 0 saturated carbocycles. The van der Waals surface area contributed by atoms with Crippen molar-refractivity contribution in [3.8, 4) is 11.3 Å². The number of hydrogen-bond acceptors (Lipinski definition) is 5. The zero-order valence-electron chi connectivity index (χ0n) is 15.8. The van der Waals surface area contributed by atoms with Crippen LogP contribution in [0.2, 0.25) is 0 Å². The van der Waals surface area contributed by atoms with Crippen molar-refractivity contribution in [2.45, 2.75) is 13.0 Å². The van der Waals surface area contributed by atoms with Crippen LogP contribution in [-0.2, 0) is 14.5 Å². The van der Waals surface area contributed by atoms with E-state index in [0.717, 1.165) is 34.4 Å². The van der Waals surface area contributed by atoms with E-state index in [9.17, 15) is 4.21 Å². The fourth-order valence-electron chi connectivity index (χ4n) is 3.50. The van der Waals surface area contributed by atoms with E-state index in [1.807, 2.05) is 24.4 Å². The van der Waals surface area contributed by atoms with Crippen LogP contribution in [0.15, 0.2) is 47.0 Å². The second-order valence-corrected chi connectivity index (χ2v) is 9.75. The third-order valence-corrected chi connectivity index (χ3v) is 5.31. The third kappa shape index (κ3) is 3.84. The van der Waals surface area contributed by atoms with Crippen LogP contribution < -0.4 is 4.90 Å². The lowest BCUT2D eigenvalue weighted by molar-refractivity contribution is 0.0989. The van der Waals surface area contributed by atoms with Gasteiger partial charge in [0.25, 0.3) is 0 Å². The molecule has 0 aliphatic carbocycles. The highest BCUT2D eigenvalue weighted by atomic mass is 32.2. The Labute approximate surface area is 159 Å². The Morgan fingerprint density at radius 3 is 2.93 bits per heavy atom. The molecule has 7 heteroatoms. The van der Waals surface area contributed by atoms with Crippen LogP contribution in [0.4, 0.5) is 11.5 Å². The van der Waals surface area contributed by atoms with Crippen molar-refractivity contribution in [2.75, 3.05) is 37.2 Å². The highest BCUT2D eigenvalue weighted by Gasteiger charge is 2.21. The number of morpholine rings is 1. The van der Waals surface area contributed by atoms with Crippen LogP contribution >= 0.6 is 0 Å². The molecule has 1 aliphatic rings. The number of pyridine rings is 1. The summed E-state index contributed by atoms with van der Waals surface area (Å²) in [5, 5.41) is 1.11. The number of fused-ring (bicyclic) bond motifs is 1. The van der Waals surface area contributed by atoms with Crippen LogP contribution in [0.1, 0.15) is 6.92 Å². The van der Waals surface area contributed by atoms with E-state index >= 15 is 0 Å². The molecule has 27 heavy (non-hydrogen) atoms. The summed E-state index contributed by atoms with van der Waals surface area (Å²) < 4.78 is 22.2. The lowest BCUT2D eigenvalue weighted by atomic mass is 10.1. The maximum absolute atomic E-state index is 12.3. The average Bonchev–Trinajstić information content (AvgIpc) is 3.09. The van der Waals surface area contributed by atoms with Crippen LogP contribution in [0, 0.1) is 0 Å². The number of nitrogens with zero attached hydrogens (tertiary/aromatic N) is 3. The Morgan fingerprint density at radius 1 is 1.30 bits per heavy atom. The molecule has 4 rings (SSSR count). The predicted octanol–water partition coefficient (Wildman–Crippen LogP) is 3.81. The summed E-state index contributed by atoms with van der Waals surface area (Å²) in [6, 6.07) is 12.4. The number of anilines is 1. The molecule has 2 aromatic heterocycles. The van der Waals surface area contributed by atoms with Gasteiger partial charge in [-0.3, -0.25) is 0 Å². The van der Waals surface area contributed by atoms with Crippen LogP contribution in [0.5, 0.6) is 0 Å². The molecule has 6 nitrogen and oxygen atoms in total. The summed E-state index contributed by atoms with van der Waals surface area (Å²) in [4.78, 5) is 10.3. The topological polar surface area (TPSA) is 70.6 Å². The van der Waals surface area contributed by atoms with Gasteiger partial charge in [0, 0.05) is 69.2 Å². The molecule has 0 amide bonds. The minimum absolute atomic E-state index is 0.262. The molecular weight excluding hydrogens is 360 g/mol. The fourth-order valence-corrected chi connectivity index (χ4v) is 4.04. The van der Waals surface area contributed by atoms with E-state index in [1.54, 1.807) is 12.5 Å².